The third-order valence-electron chi connectivity index (χ3n) is 6.62. The molecule has 4 aliphatic carbocycles. The number of hydrogen-bond acceptors (Lipinski definition) is 0. The van der Waals surface area contributed by atoms with Gasteiger partial charge in [0, 0.05) is 0 Å². The Balaban J connectivity index is 2.11. The van der Waals surface area contributed by atoms with Crippen LogP contribution in [0.5, 0.6) is 0 Å². The lowest BCUT2D eigenvalue weighted by molar-refractivity contribution is -0.123. The predicted octanol–water partition coefficient (Wildman–Crippen LogP) is 4.42. The van der Waals surface area contributed by atoms with E-state index in [2.05, 4.69) is 27.4 Å². The molecule has 4 aliphatic rings. The van der Waals surface area contributed by atoms with Gasteiger partial charge in [0.1, 0.15) is 0 Å². The summed E-state index contributed by atoms with van der Waals surface area (Å²) in [6.07, 6.45) is 7.17. The molecule has 5 atom stereocenters. The Labute approximate surface area is 94.1 Å². The Morgan fingerprint density at radius 2 is 1.93 bits per heavy atom. The van der Waals surface area contributed by atoms with Crippen molar-refractivity contribution in [3.63, 3.8) is 0 Å². The summed E-state index contributed by atoms with van der Waals surface area (Å²) in [6.45, 7) is 12.0. The van der Waals surface area contributed by atoms with Crippen molar-refractivity contribution in [1.82, 2.24) is 0 Å². The molecule has 0 aromatic heterocycles. The lowest BCUT2D eigenvalue weighted by atomic mass is 9.37. The van der Waals surface area contributed by atoms with Gasteiger partial charge >= 0.3 is 0 Å². The number of fused-ring (bicyclic) bond motifs is 1. The monoisotopic (exact) mass is 204 g/mol. The van der Waals surface area contributed by atoms with Crippen LogP contribution in [0.15, 0.2) is 12.2 Å². The van der Waals surface area contributed by atoms with Crippen molar-refractivity contribution in [1.29, 1.82) is 0 Å². The van der Waals surface area contributed by atoms with E-state index in [0.29, 0.717) is 10.8 Å². The van der Waals surface area contributed by atoms with Crippen LogP contribution in [0.4, 0.5) is 0 Å². The van der Waals surface area contributed by atoms with Crippen LogP contribution in [0.3, 0.4) is 0 Å². The Morgan fingerprint density at radius 1 is 1.20 bits per heavy atom. The molecule has 0 aromatic rings. The summed E-state index contributed by atoms with van der Waals surface area (Å²) >= 11 is 0. The Bertz CT molecular complexity index is 316. The second-order valence-electron chi connectivity index (χ2n) is 6.87. The molecule has 0 aromatic carbocycles. The first-order valence-electron chi connectivity index (χ1n) is 6.68. The minimum Gasteiger partial charge on any atom is -0.0990 e. The summed E-state index contributed by atoms with van der Waals surface area (Å²) in [4.78, 5) is 0. The van der Waals surface area contributed by atoms with Crippen molar-refractivity contribution in [2.45, 2.75) is 52.9 Å². The minimum atomic E-state index is 0.478. The van der Waals surface area contributed by atoms with Crippen LogP contribution in [0.2, 0.25) is 0 Å². The molecular formula is C15H24. The van der Waals surface area contributed by atoms with E-state index in [1.165, 1.54) is 32.1 Å². The van der Waals surface area contributed by atoms with Gasteiger partial charge in [0.2, 0.25) is 0 Å². The van der Waals surface area contributed by atoms with Crippen molar-refractivity contribution in [2.75, 3.05) is 0 Å². The van der Waals surface area contributed by atoms with E-state index in [4.69, 9.17) is 0 Å². The van der Waals surface area contributed by atoms with E-state index in [0.717, 1.165) is 17.8 Å². The molecule has 4 fully saturated rings. The number of hydrogen-bond donors (Lipinski definition) is 0. The molecule has 5 unspecified atom stereocenters. The van der Waals surface area contributed by atoms with Crippen LogP contribution in [0, 0.1) is 28.6 Å². The van der Waals surface area contributed by atoms with Gasteiger partial charge in [-0.25, -0.2) is 0 Å². The first-order valence-corrected chi connectivity index (χ1v) is 6.68. The lowest BCUT2D eigenvalue weighted by Gasteiger charge is -2.67. The molecule has 0 saturated heterocycles. The maximum atomic E-state index is 4.46. The number of rotatable bonds is 0. The molecule has 0 amide bonds. The second kappa shape index (κ2) is 2.70. The molecule has 0 spiro atoms. The van der Waals surface area contributed by atoms with Crippen LogP contribution in [-0.4, -0.2) is 0 Å². The van der Waals surface area contributed by atoms with Crippen LogP contribution < -0.4 is 0 Å². The topological polar surface area (TPSA) is 0 Å². The van der Waals surface area contributed by atoms with Crippen molar-refractivity contribution in [3.05, 3.63) is 12.2 Å². The van der Waals surface area contributed by atoms with Crippen molar-refractivity contribution >= 4 is 0 Å². The lowest BCUT2D eigenvalue weighted by Crippen LogP contribution is -2.58. The highest BCUT2D eigenvalue weighted by Crippen LogP contribution is 2.70. The SMILES string of the molecule is C=C1C2CCC3(C)C(C2)C(C)CCC13C. The first kappa shape index (κ1) is 9.93. The molecule has 4 saturated carbocycles. The quantitative estimate of drug-likeness (QED) is 0.513. The molecule has 0 N–H and O–H groups in total. The molecule has 0 radical (unpaired) electrons. The van der Waals surface area contributed by atoms with E-state index in [-0.39, 0.29) is 0 Å². The van der Waals surface area contributed by atoms with E-state index in [1.807, 2.05) is 0 Å². The van der Waals surface area contributed by atoms with Crippen molar-refractivity contribution < 1.29 is 0 Å². The average molecular weight is 204 g/mol. The summed E-state index contributed by atoms with van der Waals surface area (Å²) in [5.74, 6) is 2.81. The van der Waals surface area contributed by atoms with Crippen LogP contribution >= 0.6 is 0 Å². The fraction of sp³-hybridized carbons (Fsp3) is 0.867. The predicted molar refractivity (Wildman–Crippen MR) is 64.6 cm³/mol. The molecule has 0 heterocycles. The summed E-state index contributed by atoms with van der Waals surface area (Å²) in [5.41, 5.74) is 2.67. The van der Waals surface area contributed by atoms with Gasteiger partial charge < -0.3 is 0 Å². The molecule has 4 bridgehead atoms. The zero-order chi connectivity index (χ0) is 10.8. The summed E-state index contributed by atoms with van der Waals surface area (Å²) in [6, 6.07) is 0. The summed E-state index contributed by atoms with van der Waals surface area (Å²) < 4.78 is 0. The van der Waals surface area contributed by atoms with E-state index in [9.17, 15) is 0 Å². The van der Waals surface area contributed by atoms with E-state index in [1.54, 1.807) is 5.57 Å². The smallest absolute Gasteiger partial charge is 0.00597 e. The Kier molecular flexibility index (Phi) is 1.79. The van der Waals surface area contributed by atoms with Gasteiger partial charge in [-0.2, -0.15) is 0 Å². The van der Waals surface area contributed by atoms with Crippen LogP contribution in [-0.2, 0) is 0 Å². The van der Waals surface area contributed by atoms with Gasteiger partial charge in [0.25, 0.3) is 0 Å². The van der Waals surface area contributed by atoms with E-state index >= 15 is 0 Å². The Morgan fingerprint density at radius 3 is 2.67 bits per heavy atom. The third kappa shape index (κ3) is 0.946. The van der Waals surface area contributed by atoms with Crippen LogP contribution in [0.1, 0.15) is 52.9 Å². The van der Waals surface area contributed by atoms with Crippen molar-refractivity contribution in [2.24, 2.45) is 28.6 Å². The zero-order valence-corrected chi connectivity index (χ0v) is 10.5. The molecule has 0 nitrogen and oxygen atoms in total. The average Bonchev–Trinajstić information content (AvgIpc) is 2.21. The highest BCUT2D eigenvalue weighted by molar-refractivity contribution is 5.28. The van der Waals surface area contributed by atoms with Crippen molar-refractivity contribution in [3.8, 4) is 0 Å². The Hall–Kier alpha value is -0.260. The van der Waals surface area contributed by atoms with E-state index < -0.39 is 0 Å². The molecular weight excluding hydrogens is 180 g/mol. The largest absolute Gasteiger partial charge is 0.0990 e. The zero-order valence-electron chi connectivity index (χ0n) is 10.5. The fourth-order valence-corrected chi connectivity index (χ4v) is 5.19. The fourth-order valence-electron chi connectivity index (χ4n) is 5.19. The third-order valence-corrected chi connectivity index (χ3v) is 6.62. The molecule has 84 valence electrons. The summed E-state index contributed by atoms with van der Waals surface area (Å²) in [5, 5.41) is 0. The van der Waals surface area contributed by atoms with Gasteiger partial charge in [0.05, 0.1) is 0 Å². The van der Waals surface area contributed by atoms with Crippen LogP contribution in [0.25, 0.3) is 0 Å². The standard InChI is InChI=1S/C15H24/c1-10-5-7-14(3)11(2)12-6-8-15(14,4)13(10)9-12/h10,12-13H,2,5-9H2,1,3-4H3. The highest BCUT2D eigenvalue weighted by Gasteiger charge is 2.61. The van der Waals surface area contributed by atoms with Gasteiger partial charge in [-0.1, -0.05) is 32.9 Å². The number of allylic oxidation sites excluding steroid dienone is 1. The molecule has 0 aliphatic heterocycles. The second-order valence-corrected chi connectivity index (χ2v) is 6.87. The van der Waals surface area contributed by atoms with Gasteiger partial charge in [-0.15, -0.1) is 0 Å². The normalized spacial score (nSPS) is 58.3. The van der Waals surface area contributed by atoms with Gasteiger partial charge in [-0.3, -0.25) is 0 Å². The first-order chi connectivity index (χ1) is 6.99. The van der Waals surface area contributed by atoms with Gasteiger partial charge in [-0.05, 0) is 60.7 Å². The van der Waals surface area contributed by atoms with Gasteiger partial charge in [0.15, 0.2) is 0 Å². The molecule has 15 heavy (non-hydrogen) atoms. The maximum Gasteiger partial charge on any atom is -0.00597 e. The molecule has 4 rings (SSSR count). The maximum absolute atomic E-state index is 4.46. The summed E-state index contributed by atoms with van der Waals surface area (Å²) in [7, 11) is 0. The highest BCUT2D eigenvalue weighted by atomic mass is 14.7. The molecule has 0 heteroatoms. The minimum absolute atomic E-state index is 0.478.